The van der Waals surface area contributed by atoms with Gasteiger partial charge in [0.05, 0.1) is 17.0 Å². The summed E-state index contributed by atoms with van der Waals surface area (Å²) in [5.41, 5.74) is 0.737. The zero-order valence-electron chi connectivity index (χ0n) is 12.2. The number of nitrogens with one attached hydrogen (secondary N) is 2. The maximum Gasteiger partial charge on any atom is 0.265 e. The number of phenols is 1. The van der Waals surface area contributed by atoms with E-state index in [2.05, 4.69) is 10.2 Å². The number of aromatic amines is 1. The van der Waals surface area contributed by atoms with Crippen molar-refractivity contribution in [2.75, 3.05) is 0 Å². The molecule has 1 aromatic carbocycles. The Morgan fingerprint density at radius 2 is 2.04 bits per heavy atom. The summed E-state index contributed by atoms with van der Waals surface area (Å²) in [6.07, 6.45) is 2.82. The van der Waals surface area contributed by atoms with E-state index in [0.29, 0.717) is 11.6 Å². The first-order valence-corrected chi connectivity index (χ1v) is 8.71. The molecule has 1 fully saturated rings. The first-order chi connectivity index (χ1) is 11.4. The van der Waals surface area contributed by atoms with Gasteiger partial charge >= 0.3 is 0 Å². The summed E-state index contributed by atoms with van der Waals surface area (Å²) in [6, 6.07) is 4.22. The van der Waals surface area contributed by atoms with Crippen LogP contribution in [0.2, 0.25) is 0 Å². The van der Waals surface area contributed by atoms with Crippen molar-refractivity contribution in [3.63, 3.8) is 0 Å². The molecule has 0 unspecified atom stereocenters. The van der Waals surface area contributed by atoms with Crippen LogP contribution in [0.25, 0.3) is 16.2 Å². The van der Waals surface area contributed by atoms with Gasteiger partial charge in [-0.25, -0.2) is 17.5 Å². The minimum absolute atomic E-state index is 0.0673. The van der Waals surface area contributed by atoms with Crippen molar-refractivity contribution in [2.45, 2.75) is 18.8 Å². The molecule has 1 aromatic heterocycles. The van der Waals surface area contributed by atoms with Crippen LogP contribution in [0, 0.1) is 5.82 Å². The maximum atomic E-state index is 14.9. The molecule has 2 heterocycles. The van der Waals surface area contributed by atoms with Crippen LogP contribution in [0.15, 0.2) is 24.3 Å². The Bertz CT molecular complexity index is 1010. The van der Waals surface area contributed by atoms with E-state index < -0.39 is 38.0 Å². The first-order valence-electron chi connectivity index (χ1n) is 7.23. The Balaban J connectivity index is 1.86. The molecule has 1 aliphatic heterocycles. The third-order valence-electron chi connectivity index (χ3n) is 4.04. The highest BCUT2D eigenvalue weighted by Crippen LogP contribution is 2.41. The van der Waals surface area contributed by atoms with Gasteiger partial charge in [0.1, 0.15) is 16.5 Å². The van der Waals surface area contributed by atoms with Gasteiger partial charge < -0.3 is 5.11 Å². The van der Waals surface area contributed by atoms with Gasteiger partial charge in [-0.05, 0) is 31.0 Å². The van der Waals surface area contributed by atoms with Crippen LogP contribution in [0.4, 0.5) is 4.39 Å². The minimum atomic E-state index is -4.20. The maximum absolute atomic E-state index is 14.9. The molecule has 2 aromatic rings. The molecule has 2 aliphatic rings. The Hall–Kier alpha value is -2.68. The van der Waals surface area contributed by atoms with Crippen LogP contribution in [-0.2, 0) is 14.8 Å². The molecule has 0 saturated heterocycles. The van der Waals surface area contributed by atoms with Crippen LogP contribution in [0.5, 0.6) is 5.75 Å². The second-order valence-electron chi connectivity index (χ2n) is 5.78. The summed E-state index contributed by atoms with van der Waals surface area (Å²) in [5.74, 6) is -2.02. The summed E-state index contributed by atoms with van der Waals surface area (Å²) in [5, 5.41) is 16.8. The lowest BCUT2D eigenvalue weighted by Crippen LogP contribution is -2.22. The number of sulfonamides is 1. The molecular weight excluding hydrogens is 337 g/mol. The van der Waals surface area contributed by atoms with Crippen molar-refractivity contribution < 1.29 is 22.7 Å². The molecule has 0 radical (unpaired) electrons. The predicted molar refractivity (Wildman–Crippen MR) is 82.7 cm³/mol. The molecule has 7 nitrogen and oxygen atoms in total. The Kier molecular flexibility index (Phi) is 3.04. The summed E-state index contributed by atoms with van der Waals surface area (Å²) in [4.78, 5) is 10.7. The Labute approximate surface area is 136 Å². The number of amides is 1. The van der Waals surface area contributed by atoms with Crippen molar-refractivity contribution in [1.29, 1.82) is 0 Å². The number of aromatic nitrogens is 2. The average Bonchev–Trinajstić information content (AvgIpc) is 3.17. The number of H-pyrrole nitrogens is 1. The van der Waals surface area contributed by atoms with Crippen LogP contribution in [0.1, 0.15) is 30.0 Å². The summed E-state index contributed by atoms with van der Waals surface area (Å²) in [6.45, 7) is 0. The molecule has 0 atom stereocenters. The van der Waals surface area contributed by atoms with Gasteiger partial charge in [0.15, 0.2) is 0 Å². The molecule has 1 saturated carbocycles. The van der Waals surface area contributed by atoms with E-state index in [1.807, 2.05) is 0 Å². The van der Waals surface area contributed by atoms with E-state index in [4.69, 9.17) is 0 Å². The normalized spacial score (nSPS) is 19.2. The average molecular weight is 349 g/mol. The first kappa shape index (κ1) is 14.9. The molecule has 24 heavy (non-hydrogen) atoms. The molecule has 9 heteroatoms. The van der Waals surface area contributed by atoms with Gasteiger partial charge in [-0.1, -0.05) is 0 Å². The Morgan fingerprint density at radius 1 is 1.29 bits per heavy atom. The van der Waals surface area contributed by atoms with Gasteiger partial charge in [0, 0.05) is 17.6 Å². The summed E-state index contributed by atoms with van der Waals surface area (Å²) >= 11 is 0. The summed E-state index contributed by atoms with van der Waals surface area (Å²) < 4.78 is 40.5. The lowest BCUT2D eigenvalue weighted by molar-refractivity contribution is -0.114. The number of hydrogen-bond acceptors (Lipinski definition) is 5. The van der Waals surface area contributed by atoms with Crippen LogP contribution in [0.3, 0.4) is 0 Å². The largest absolute Gasteiger partial charge is 0.507 e. The van der Waals surface area contributed by atoms with E-state index in [9.17, 15) is 22.7 Å². The van der Waals surface area contributed by atoms with Gasteiger partial charge in [0.25, 0.3) is 15.9 Å². The molecule has 0 spiro atoms. The zero-order chi connectivity index (χ0) is 17.1. The number of rotatable bonds is 3. The van der Waals surface area contributed by atoms with E-state index in [-0.39, 0.29) is 5.56 Å². The monoisotopic (exact) mass is 349 g/mol. The molecule has 0 bridgehead atoms. The zero-order valence-corrected chi connectivity index (χ0v) is 13.0. The van der Waals surface area contributed by atoms with E-state index in [0.717, 1.165) is 24.6 Å². The predicted octanol–water partition coefficient (Wildman–Crippen LogP) is 1.60. The lowest BCUT2D eigenvalue weighted by Gasteiger charge is -2.10. The summed E-state index contributed by atoms with van der Waals surface area (Å²) in [7, 11) is -4.20. The fourth-order valence-electron chi connectivity index (χ4n) is 2.69. The second-order valence-corrected chi connectivity index (χ2v) is 7.43. The SMILES string of the molecule is O=C1C=C(c2c(O)ccc(-c3cc(C4CC4)n[nH]3)c2F)S(=O)(=O)N1. The molecule has 1 amide bonds. The number of benzene rings is 1. The third kappa shape index (κ3) is 2.28. The van der Waals surface area contributed by atoms with Gasteiger partial charge in [-0.3, -0.25) is 9.89 Å². The number of aromatic hydroxyl groups is 1. The fourth-order valence-corrected chi connectivity index (χ4v) is 3.85. The van der Waals surface area contributed by atoms with E-state index in [1.165, 1.54) is 12.1 Å². The highest BCUT2D eigenvalue weighted by molar-refractivity contribution is 8.00. The fraction of sp³-hybridized carbons (Fsp3) is 0.200. The molecule has 3 N–H and O–H groups in total. The second kappa shape index (κ2) is 4.91. The highest BCUT2D eigenvalue weighted by Gasteiger charge is 2.34. The van der Waals surface area contributed by atoms with Gasteiger partial charge in [-0.15, -0.1) is 0 Å². The number of nitrogens with zero attached hydrogens (tertiary/aromatic N) is 1. The number of halogens is 1. The van der Waals surface area contributed by atoms with Crippen LogP contribution >= 0.6 is 0 Å². The van der Waals surface area contributed by atoms with E-state index in [1.54, 1.807) is 10.8 Å². The standard InChI is InChI=1S/C15H12FN3O4S/c16-15-8(10-5-9(17-18-10)7-1-2-7)3-4-11(20)14(15)12-6-13(21)19-24(12,22)23/h3-7,20H,1-2H2,(H,17,18)(H,19,21). The third-order valence-corrected chi connectivity index (χ3v) is 5.41. The van der Waals surface area contributed by atoms with Gasteiger partial charge in [0.2, 0.25) is 0 Å². The minimum Gasteiger partial charge on any atom is -0.507 e. The van der Waals surface area contributed by atoms with Crippen molar-refractivity contribution in [2.24, 2.45) is 0 Å². The lowest BCUT2D eigenvalue weighted by atomic mass is 10.0. The van der Waals surface area contributed by atoms with Crippen molar-refractivity contribution in [3.8, 4) is 17.0 Å². The Morgan fingerprint density at radius 3 is 2.67 bits per heavy atom. The van der Waals surface area contributed by atoms with Crippen LogP contribution < -0.4 is 4.72 Å². The molecule has 4 rings (SSSR count). The topological polar surface area (TPSA) is 112 Å². The van der Waals surface area contributed by atoms with Crippen molar-refractivity contribution in [1.82, 2.24) is 14.9 Å². The molecule has 124 valence electrons. The molecule has 1 aliphatic carbocycles. The number of phenolic OH excluding ortho intramolecular Hbond substituents is 1. The number of carbonyl (C=O) groups is 1. The molecular formula is C15H12FN3O4S. The number of carbonyl (C=O) groups excluding carboxylic acids is 1. The number of hydrogen-bond donors (Lipinski definition) is 3. The van der Waals surface area contributed by atoms with Crippen molar-refractivity contribution >= 4 is 20.8 Å². The smallest absolute Gasteiger partial charge is 0.265 e. The van der Waals surface area contributed by atoms with E-state index >= 15 is 0 Å². The van der Waals surface area contributed by atoms with Gasteiger partial charge in [-0.2, -0.15) is 5.10 Å². The van der Waals surface area contributed by atoms with Crippen molar-refractivity contribution in [3.05, 3.63) is 41.3 Å². The van der Waals surface area contributed by atoms with Crippen LogP contribution in [-0.4, -0.2) is 29.6 Å². The highest BCUT2D eigenvalue weighted by atomic mass is 32.2. The quantitative estimate of drug-likeness (QED) is 0.779.